The molecule has 0 saturated carbocycles. The standard InChI is InChI=1S/C13H10N2O3/c1-17-12-7-11(18-15-12)10-6-8-4-2-3-5-9(8)13(16)14-10/h2-7H,1H3,(H,14,16). The van der Waals surface area contributed by atoms with Gasteiger partial charge in [-0.1, -0.05) is 18.2 Å². The predicted octanol–water partition coefficient (Wildman–Crippen LogP) is 2.19. The Balaban J connectivity index is 2.21. The fourth-order valence-electron chi connectivity index (χ4n) is 1.83. The van der Waals surface area contributed by atoms with E-state index in [1.54, 1.807) is 12.1 Å². The number of nitrogens with one attached hydrogen (secondary N) is 1. The lowest BCUT2D eigenvalue weighted by molar-refractivity contribution is 0.342. The first-order chi connectivity index (χ1) is 8.78. The van der Waals surface area contributed by atoms with Crippen LogP contribution in [0.4, 0.5) is 0 Å². The highest BCUT2D eigenvalue weighted by Gasteiger charge is 2.09. The van der Waals surface area contributed by atoms with Crippen molar-refractivity contribution >= 4 is 10.8 Å². The quantitative estimate of drug-likeness (QED) is 0.747. The number of hydrogen-bond donors (Lipinski definition) is 1. The summed E-state index contributed by atoms with van der Waals surface area (Å²) in [5, 5.41) is 5.20. The number of benzene rings is 1. The third-order valence-electron chi connectivity index (χ3n) is 2.72. The Kier molecular flexibility index (Phi) is 2.37. The minimum Gasteiger partial charge on any atom is -0.479 e. The molecule has 5 nitrogen and oxygen atoms in total. The van der Waals surface area contributed by atoms with Crippen molar-refractivity contribution in [3.05, 3.63) is 46.8 Å². The van der Waals surface area contributed by atoms with Crippen molar-refractivity contribution in [1.29, 1.82) is 0 Å². The fourth-order valence-corrected chi connectivity index (χ4v) is 1.83. The van der Waals surface area contributed by atoms with Crippen LogP contribution in [0.3, 0.4) is 0 Å². The monoisotopic (exact) mass is 242 g/mol. The minimum atomic E-state index is -0.154. The molecule has 2 aromatic heterocycles. The topological polar surface area (TPSA) is 68.1 Å². The van der Waals surface area contributed by atoms with Gasteiger partial charge in [0.05, 0.1) is 18.9 Å². The zero-order valence-corrected chi connectivity index (χ0v) is 9.64. The SMILES string of the molecule is COc1cc(-c2cc3ccccc3c(=O)[nH]2)on1. The van der Waals surface area contributed by atoms with E-state index in [2.05, 4.69) is 10.1 Å². The molecule has 0 fully saturated rings. The van der Waals surface area contributed by atoms with E-state index in [0.29, 0.717) is 22.7 Å². The predicted molar refractivity (Wildman–Crippen MR) is 66.6 cm³/mol. The van der Waals surface area contributed by atoms with Gasteiger partial charge in [-0.05, 0) is 22.7 Å². The van der Waals surface area contributed by atoms with E-state index in [4.69, 9.17) is 9.26 Å². The average molecular weight is 242 g/mol. The van der Waals surface area contributed by atoms with E-state index in [-0.39, 0.29) is 5.56 Å². The third kappa shape index (κ3) is 1.66. The summed E-state index contributed by atoms with van der Waals surface area (Å²) in [4.78, 5) is 14.7. The van der Waals surface area contributed by atoms with Gasteiger partial charge in [0.2, 0.25) is 0 Å². The summed E-state index contributed by atoms with van der Waals surface area (Å²) in [6.45, 7) is 0. The molecule has 3 rings (SSSR count). The van der Waals surface area contributed by atoms with E-state index in [1.165, 1.54) is 7.11 Å². The van der Waals surface area contributed by atoms with Gasteiger partial charge in [0.1, 0.15) is 0 Å². The van der Waals surface area contributed by atoms with Crippen molar-refractivity contribution in [2.75, 3.05) is 7.11 Å². The van der Waals surface area contributed by atoms with E-state index in [1.807, 2.05) is 24.3 Å². The van der Waals surface area contributed by atoms with Crippen LogP contribution in [0.1, 0.15) is 0 Å². The summed E-state index contributed by atoms with van der Waals surface area (Å²) < 4.78 is 10.0. The number of ether oxygens (including phenoxy) is 1. The van der Waals surface area contributed by atoms with Crippen LogP contribution >= 0.6 is 0 Å². The van der Waals surface area contributed by atoms with E-state index < -0.39 is 0 Å². The second-order valence-corrected chi connectivity index (χ2v) is 3.83. The first-order valence-electron chi connectivity index (χ1n) is 5.41. The Hall–Kier alpha value is -2.56. The maximum absolute atomic E-state index is 11.9. The van der Waals surface area contributed by atoms with Crippen molar-refractivity contribution < 1.29 is 9.26 Å². The van der Waals surface area contributed by atoms with Crippen LogP contribution < -0.4 is 10.3 Å². The molecule has 5 heteroatoms. The molecule has 3 aromatic rings. The highest BCUT2D eigenvalue weighted by atomic mass is 16.5. The molecule has 0 aliphatic rings. The van der Waals surface area contributed by atoms with Crippen molar-refractivity contribution in [3.8, 4) is 17.3 Å². The Labute approximate surface area is 102 Å². The van der Waals surface area contributed by atoms with E-state index in [9.17, 15) is 4.79 Å². The third-order valence-corrected chi connectivity index (χ3v) is 2.72. The first-order valence-corrected chi connectivity index (χ1v) is 5.41. The van der Waals surface area contributed by atoms with Crippen LogP contribution in [0.2, 0.25) is 0 Å². The van der Waals surface area contributed by atoms with Gasteiger partial charge in [-0.2, -0.15) is 0 Å². The lowest BCUT2D eigenvalue weighted by Gasteiger charge is -1.99. The molecule has 18 heavy (non-hydrogen) atoms. The van der Waals surface area contributed by atoms with Crippen molar-refractivity contribution in [2.24, 2.45) is 0 Å². The molecule has 0 aliphatic carbocycles. The number of H-pyrrole nitrogens is 1. The molecule has 1 N–H and O–H groups in total. The van der Waals surface area contributed by atoms with Gasteiger partial charge < -0.3 is 14.2 Å². The zero-order valence-electron chi connectivity index (χ0n) is 9.64. The summed E-state index contributed by atoms with van der Waals surface area (Å²) in [5.74, 6) is 0.841. The summed E-state index contributed by atoms with van der Waals surface area (Å²) >= 11 is 0. The van der Waals surface area contributed by atoms with E-state index >= 15 is 0 Å². The van der Waals surface area contributed by atoms with Crippen LogP contribution in [-0.2, 0) is 0 Å². The molecule has 0 aliphatic heterocycles. The summed E-state index contributed by atoms with van der Waals surface area (Å²) in [6.07, 6.45) is 0. The molecule has 1 aromatic carbocycles. The molecule has 0 atom stereocenters. The minimum absolute atomic E-state index is 0.154. The van der Waals surface area contributed by atoms with Crippen LogP contribution in [0, 0.1) is 0 Å². The van der Waals surface area contributed by atoms with Crippen LogP contribution in [0.15, 0.2) is 45.7 Å². The molecule has 0 unspecified atom stereocenters. The van der Waals surface area contributed by atoms with Crippen molar-refractivity contribution in [1.82, 2.24) is 10.1 Å². The average Bonchev–Trinajstić information content (AvgIpc) is 2.87. The number of rotatable bonds is 2. The Morgan fingerprint density at radius 1 is 1.28 bits per heavy atom. The van der Waals surface area contributed by atoms with Gasteiger partial charge in [0.25, 0.3) is 11.4 Å². The smallest absolute Gasteiger partial charge is 0.256 e. The molecule has 0 spiro atoms. The van der Waals surface area contributed by atoms with Crippen LogP contribution in [0.5, 0.6) is 5.88 Å². The number of methoxy groups -OCH3 is 1. The molecule has 0 saturated heterocycles. The first kappa shape index (κ1) is 10.6. The second-order valence-electron chi connectivity index (χ2n) is 3.83. The van der Waals surface area contributed by atoms with Gasteiger partial charge in [0, 0.05) is 5.39 Å². The number of hydrogen-bond acceptors (Lipinski definition) is 4. The molecule has 0 amide bonds. The molecule has 2 heterocycles. The summed E-state index contributed by atoms with van der Waals surface area (Å²) in [6, 6.07) is 10.8. The normalized spacial score (nSPS) is 10.7. The number of nitrogens with zero attached hydrogens (tertiary/aromatic N) is 1. The van der Waals surface area contributed by atoms with Gasteiger partial charge in [-0.25, -0.2) is 0 Å². The van der Waals surface area contributed by atoms with Crippen molar-refractivity contribution in [3.63, 3.8) is 0 Å². The molecule has 0 bridgehead atoms. The van der Waals surface area contributed by atoms with Gasteiger partial charge in [-0.3, -0.25) is 4.79 Å². The Morgan fingerprint density at radius 3 is 2.89 bits per heavy atom. The van der Waals surface area contributed by atoms with Gasteiger partial charge in [-0.15, -0.1) is 0 Å². The maximum Gasteiger partial charge on any atom is 0.256 e. The summed E-state index contributed by atoms with van der Waals surface area (Å²) in [7, 11) is 1.50. The molecular weight excluding hydrogens is 232 g/mol. The summed E-state index contributed by atoms with van der Waals surface area (Å²) in [5.41, 5.74) is 0.424. The lowest BCUT2D eigenvalue weighted by Crippen LogP contribution is -2.06. The highest BCUT2D eigenvalue weighted by Crippen LogP contribution is 2.23. The molecular formula is C13H10N2O3. The number of pyridine rings is 1. The number of fused-ring (bicyclic) bond motifs is 1. The number of aromatic amines is 1. The van der Waals surface area contributed by atoms with E-state index in [0.717, 1.165) is 5.39 Å². The van der Waals surface area contributed by atoms with Gasteiger partial charge in [0.15, 0.2) is 5.76 Å². The molecule has 0 radical (unpaired) electrons. The van der Waals surface area contributed by atoms with Crippen LogP contribution in [-0.4, -0.2) is 17.3 Å². The second kappa shape index (κ2) is 4.03. The fraction of sp³-hybridized carbons (Fsp3) is 0.0769. The zero-order chi connectivity index (χ0) is 12.5. The van der Waals surface area contributed by atoms with Crippen LogP contribution in [0.25, 0.3) is 22.2 Å². The lowest BCUT2D eigenvalue weighted by atomic mass is 10.1. The number of aromatic nitrogens is 2. The molecule has 90 valence electrons. The largest absolute Gasteiger partial charge is 0.479 e. The maximum atomic E-state index is 11.9. The Bertz CT molecular complexity index is 758. The Morgan fingerprint density at radius 2 is 2.11 bits per heavy atom. The van der Waals surface area contributed by atoms with Crippen molar-refractivity contribution in [2.45, 2.75) is 0 Å². The highest BCUT2D eigenvalue weighted by molar-refractivity contribution is 5.84. The van der Waals surface area contributed by atoms with Gasteiger partial charge >= 0.3 is 0 Å².